The molecule has 0 aliphatic carbocycles. The number of anilines is 2. The average Bonchev–Trinajstić information content (AvgIpc) is 3.91. The van der Waals surface area contributed by atoms with Crippen LogP contribution < -0.4 is 24.8 Å². The molecular formula is C44H44N6O6S2. The second kappa shape index (κ2) is 18.6. The largest absolute Gasteiger partial charge is 0.496 e. The molecule has 0 aliphatic rings. The first-order valence-corrected chi connectivity index (χ1v) is 20.2. The van der Waals surface area contributed by atoms with E-state index in [4.69, 9.17) is 14.2 Å². The lowest BCUT2D eigenvalue weighted by Gasteiger charge is -2.19. The Bertz CT molecular complexity index is 2570. The second-order valence-electron chi connectivity index (χ2n) is 13.2. The van der Waals surface area contributed by atoms with Gasteiger partial charge in [0.15, 0.2) is 0 Å². The highest BCUT2D eigenvalue weighted by molar-refractivity contribution is 7.22. The number of allylic oxidation sites excluding steroid dienone is 2. The minimum Gasteiger partial charge on any atom is -0.496 e. The highest BCUT2D eigenvalue weighted by Crippen LogP contribution is 2.45. The summed E-state index contributed by atoms with van der Waals surface area (Å²) in [6, 6.07) is 22.4. The van der Waals surface area contributed by atoms with Crippen molar-refractivity contribution in [3.05, 3.63) is 126 Å². The van der Waals surface area contributed by atoms with Gasteiger partial charge in [0.05, 0.1) is 62.5 Å². The Morgan fingerprint density at radius 3 is 2.03 bits per heavy atom. The Labute approximate surface area is 344 Å². The summed E-state index contributed by atoms with van der Waals surface area (Å²) in [4.78, 5) is 21.5. The fourth-order valence-corrected chi connectivity index (χ4v) is 8.83. The molecule has 12 nitrogen and oxygen atoms in total. The molecule has 0 saturated heterocycles. The number of hydrogen-bond donors (Lipinski definition) is 5. The predicted octanol–water partition coefficient (Wildman–Crippen LogP) is 8.56. The van der Waals surface area contributed by atoms with E-state index >= 15 is 0 Å². The normalized spacial score (nSPS) is 12.9. The van der Waals surface area contributed by atoms with Crippen LogP contribution in [0.5, 0.6) is 17.2 Å². The molecule has 58 heavy (non-hydrogen) atoms. The quantitative estimate of drug-likeness (QED) is 0.0558. The Balaban J connectivity index is 1.13. The monoisotopic (exact) mass is 816 g/mol. The van der Waals surface area contributed by atoms with Crippen LogP contribution in [-0.4, -0.2) is 68.7 Å². The fourth-order valence-electron chi connectivity index (χ4n) is 6.74. The van der Waals surface area contributed by atoms with Gasteiger partial charge in [-0.1, -0.05) is 54.6 Å². The third-order valence-corrected chi connectivity index (χ3v) is 11.8. The Morgan fingerprint density at radius 2 is 1.40 bits per heavy atom. The van der Waals surface area contributed by atoms with Crippen molar-refractivity contribution in [1.29, 1.82) is 0 Å². The van der Waals surface area contributed by atoms with Crippen molar-refractivity contribution in [3.63, 3.8) is 0 Å². The van der Waals surface area contributed by atoms with E-state index in [0.717, 1.165) is 58.0 Å². The van der Waals surface area contributed by atoms with Crippen molar-refractivity contribution in [2.24, 2.45) is 0 Å². The van der Waals surface area contributed by atoms with Gasteiger partial charge in [0.25, 0.3) is 0 Å². The molecule has 298 valence electrons. The van der Waals surface area contributed by atoms with E-state index in [0.29, 0.717) is 34.4 Å². The molecule has 0 amide bonds. The summed E-state index contributed by atoms with van der Waals surface area (Å²) < 4.78 is 17.8. The average molecular weight is 817 g/mol. The molecule has 0 fully saturated rings. The van der Waals surface area contributed by atoms with E-state index in [1.165, 1.54) is 35.3 Å². The number of nitrogens with one attached hydrogen (secondary N) is 2. The molecule has 5 N–H and O–H groups in total. The number of nitrogens with zero attached hydrogens (tertiary/aromatic N) is 4. The number of hydrogen-bond acceptors (Lipinski definition) is 14. The van der Waals surface area contributed by atoms with E-state index < -0.39 is 6.04 Å². The van der Waals surface area contributed by atoms with Crippen LogP contribution in [0.2, 0.25) is 0 Å². The minimum absolute atomic E-state index is 0.107. The van der Waals surface area contributed by atoms with Crippen molar-refractivity contribution < 1.29 is 29.5 Å². The molecule has 2 atom stereocenters. The van der Waals surface area contributed by atoms with Crippen molar-refractivity contribution in [1.82, 2.24) is 19.9 Å². The topological polar surface area (TPSA) is 164 Å². The van der Waals surface area contributed by atoms with E-state index in [9.17, 15) is 15.3 Å². The van der Waals surface area contributed by atoms with Gasteiger partial charge in [-0.2, -0.15) is 0 Å². The summed E-state index contributed by atoms with van der Waals surface area (Å²) in [7, 11) is 3.26. The Hall–Kier alpha value is -5.90. The van der Waals surface area contributed by atoms with Crippen LogP contribution in [0.1, 0.15) is 36.6 Å². The summed E-state index contributed by atoms with van der Waals surface area (Å²) in [5.74, 6) is 3.18. The number of methoxy groups -OCH3 is 2. The lowest BCUT2D eigenvalue weighted by molar-refractivity contribution is 0.275. The summed E-state index contributed by atoms with van der Waals surface area (Å²) in [6.45, 7) is 3.67. The van der Waals surface area contributed by atoms with Gasteiger partial charge in [0.1, 0.15) is 57.8 Å². The van der Waals surface area contributed by atoms with Crippen LogP contribution in [0, 0.1) is 0 Å². The second-order valence-corrected chi connectivity index (χ2v) is 15.3. The van der Waals surface area contributed by atoms with Crippen LogP contribution in [0.15, 0.2) is 109 Å². The SMILES string of the molecule is CC=CC(=CC)C(CO)Nc1ncnc2sc(-c3ccc(CO)cc3OCc3cccc(C(CO)Nc4ncnc5sc(-c6c(OC)cccc6OC)cc45)c3)cc12. The van der Waals surface area contributed by atoms with E-state index in [2.05, 4.69) is 30.6 Å². The lowest BCUT2D eigenvalue weighted by atomic mass is 10.0. The number of ether oxygens (including phenoxy) is 3. The van der Waals surface area contributed by atoms with Crippen LogP contribution in [0.3, 0.4) is 0 Å². The molecule has 0 bridgehead atoms. The Morgan fingerprint density at radius 1 is 0.724 bits per heavy atom. The van der Waals surface area contributed by atoms with Gasteiger partial charge < -0.3 is 40.2 Å². The number of aliphatic hydroxyl groups excluding tert-OH is 3. The number of aliphatic hydroxyl groups is 3. The first-order chi connectivity index (χ1) is 28.4. The maximum Gasteiger partial charge on any atom is 0.138 e. The smallest absolute Gasteiger partial charge is 0.138 e. The molecule has 4 heterocycles. The van der Waals surface area contributed by atoms with Gasteiger partial charge in [-0.3, -0.25) is 0 Å². The summed E-state index contributed by atoms with van der Waals surface area (Å²) >= 11 is 3.01. The van der Waals surface area contributed by atoms with Crippen molar-refractivity contribution >= 4 is 54.7 Å². The van der Waals surface area contributed by atoms with Crippen LogP contribution in [0.4, 0.5) is 11.6 Å². The number of rotatable bonds is 17. The zero-order valence-electron chi connectivity index (χ0n) is 32.5. The third kappa shape index (κ3) is 8.51. The number of thiophene rings is 2. The van der Waals surface area contributed by atoms with Gasteiger partial charge in [-0.25, -0.2) is 19.9 Å². The predicted molar refractivity (Wildman–Crippen MR) is 232 cm³/mol. The molecule has 0 aliphatic heterocycles. The van der Waals surface area contributed by atoms with Crippen molar-refractivity contribution in [2.45, 2.75) is 39.1 Å². The van der Waals surface area contributed by atoms with Gasteiger partial charge in [0.2, 0.25) is 0 Å². The highest BCUT2D eigenvalue weighted by atomic mass is 32.1. The highest BCUT2D eigenvalue weighted by Gasteiger charge is 2.21. The van der Waals surface area contributed by atoms with Crippen LogP contribution in [-0.2, 0) is 13.2 Å². The molecule has 14 heteroatoms. The molecule has 2 unspecified atom stereocenters. The number of aromatic nitrogens is 4. The lowest BCUT2D eigenvalue weighted by Crippen LogP contribution is -2.26. The maximum atomic E-state index is 10.6. The Kier molecular flexibility index (Phi) is 12.9. The summed E-state index contributed by atoms with van der Waals surface area (Å²) in [6.07, 6.45) is 8.89. The maximum absolute atomic E-state index is 10.6. The molecule has 0 saturated carbocycles. The number of fused-ring (bicyclic) bond motifs is 2. The van der Waals surface area contributed by atoms with Crippen LogP contribution >= 0.6 is 22.7 Å². The fraction of sp³-hybridized carbons (Fsp3) is 0.227. The van der Waals surface area contributed by atoms with Gasteiger partial charge in [0, 0.05) is 15.3 Å². The third-order valence-electron chi connectivity index (χ3n) is 9.66. The molecule has 3 aromatic carbocycles. The molecule has 0 spiro atoms. The number of benzene rings is 3. The first kappa shape index (κ1) is 40.3. The van der Waals surface area contributed by atoms with Gasteiger partial charge in [-0.15, -0.1) is 22.7 Å². The molecular weight excluding hydrogens is 773 g/mol. The van der Waals surface area contributed by atoms with E-state index in [-0.39, 0.29) is 32.5 Å². The zero-order chi connectivity index (χ0) is 40.6. The minimum atomic E-state index is -0.481. The first-order valence-electron chi connectivity index (χ1n) is 18.6. The van der Waals surface area contributed by atoms with Gasteiger partial charge >= 0.3 is 0 Å². The molecule has 7 rings (SSSR count). The zero-order valence-corrected chi connectivity index (χ0v) is 34.1. The van der Waals surface area contributed by atoms with Gasteiger partial charge in [-0.05, 0) is 72.5 Å². The molecule has 7 aromatic rings. The van der Waals surface area contributed by atoms with Crippen LogP contribution in [0.25, 0.3) is 41.3 Å². The van der Waals surface area contributed by atoms with Crippen molar-refractivity contribution in [3.8, 4) is 38.1 Å². The summed E-state index contributed by atoms with van der Waals surface area (Å²) in [5.41, 5.74) is 5.07. The molecule has 0 radical (unpaired) electrons. The molecule has 4 aromatic heterocycles. The van der Waals surface area contributed by atoms with E-state index in [1.807, 2.05) is 105 Å². The van der Waals surface area contributed by atoms with Crippen molar-refractivity contribution in [2.75, 3.05) is 38.1 Å². The standard InChI is InChI=1S/C44H44N6O6S2/c1-5-9-28(6-2)33(21-52)49-41-31-18-38(57-43(31)47-24-45-41)30-15-14-26(20-51)17-37(30)56-23-27-10-7-11-29(16-27)34(22-53)50-42-32-19-39(58-44(32)48-25-46-42)40-35(54-3)12-8-13-36(40)55-4/h5-19,24-25,33-34,51-53H,20-23H2,1-4H3,(H,45,47,49)(H,46,48,50). The van der Waals surface area contributed by atoms with E-state index in [1.54, 1.807) is 14.2 Å². The summed E-state index contributed by atoms with van der Waals surface area (Å²) in [5, 5.41) is 39.3.